The second-order valence-electron chi connectivity index (χ2n) is 3.21. The van der Waals surface area contributed by atoms with Crippen molar-refractivity contribution in [3.05, 3.63) is 29.3 Å². The maximum atomic E-state index is 11.5. The molecule has 78 valence electrons. The Kier molecular flexibility index (Phi) is 2.60. The smallest absolute Gasteiger partial charge is 0.246 e. The van der Waals surface area contributed by atoms with Gasteiger partial charge in [0, 0.05) is 0 Å². The lowest BCUT2D eigenvalue weighted by atomic mass is 10.2. The van der Waals surface area contributed by atoms with E-state index >= 15 is 0 Å². The number of halogens is 1. The molecule has 1 fully saturated rings. The van der Waals surface area contributed by atoms with Crippen molar-refractivity contribution < 1.29 is 9.59 Å². The second-order valence-corrected chi connectivity index (χ2v) is 3.62. The zero-order valence-electron chi connectivity index (χ0n) is 7.87. The molecule has 1 aliphatic heterocycles. The first-order valence-electron chi connectivity index (χ1n) is 4.50. The highest BCUT2D eigenvalue weighted by Crippen LogP contribution is 2.25. The van der Waals surface area contributed by atoms with Gasteiger partial charge in [0.25, 0.3) is 0 Å². The summed E-state index contributed by atoms with van der Waals surface area (Å²) in [5.41, 5.74) is 0.582. The number of piperazine rings is 1. The van der Waals surface area contributed by atoms with Gasteiger partial charge in [-0.1, -0.05) is 23.7 Å². The lowest BCUT2D eigenvalue weighted by Gasteiger charge is -2.27. The molecule has 0 radical (unpaired) electrons. The number of carbonyl (C=O) groups is 2. The number of amides is 2. The minimum Gasteiger partial charge on any atom is -0.345 e. The molecule has 1 N–H and O–H groups in total. The number of para-hydroxylation sites is 1. The quantitative estimate of drug-likeness (QED) is 0.767. The number of nitrogens with one attached hydrogen (secondary N) is 1. The highest BCUT2D eigenvalue weighted by atomic mass is 35.5. The highest BCUT2D eigenvalue weighted by Gasteiger charge is 2.25. The average molecular weight is 225 g/mol. The molecule has 0 aliphatic carbocycles. The van der Waals surface area contributed by atoms with Gasteiger partial charge in [-0.2, -0.15) is 0 Å². The van der Waals surface area contributed by atoms with Crippen LogP contribution in [0.1, 0.15) is 0 Å². The lowest BCUT2D eigenvalue weighted by molar-refractivity contribution is -0.128. The zero-order chi connectivity index (χ0) is 10.8. The van der Waals surface area contributed by atoms with Gasteiger partial charge in [-0.25, -0.2) is 0 Å². The second kappa shape index (κ2) is 3.90. The van der Waals surface area contributed by atoms with Crippen LogP contribution in [0.15, 0.2) is 24.3 Å². The van der Waals surface area contributed by atoms with Gasteiger partial charge >= 0.3 is 0 Å². The van der Waals surface area contributed by atoms with E-state index in [0.717, 1.165) is 0 Å². The Morgan fingerprint density at radius 2 is 2.00 bits per heavy atom. The summed E-state index contributed by atoms with van der Waals surface area (Å²) < 4.78 is 0. The maximum Gasteiger partial charge on any atom is 0.246 e. The topological polar surface area (TPSA) is 49.4 Å². The van der Waals surface area contributed by atoms with Crippen LogP contribution in [0.25, 0.3) is 0 Å². The van der Waals surface area contributed by atoms with E-state index in [0.29, 0.717) is 10.7 Å². The van der Waals surface area contributed by atoms with Gasteiger partial charge < -0.3 is 5.32 Å². The highest BCUT2D eigenvalue weighted by molar-refractivity contribution is 6.34. The van der Waals surface area contributed by atoms with Crippen LogP contribution >= 0.6 is 11.6 Å². The molecular formula is C10H9ClN2O2. The third kappa shape index (κ3) is 1.94. The van der Waals surface area contributed by atoms with Crippen molar-refractivity contribution in [1.29, 1.82) is 0 Å². The first-order valence-corrected chi connectivity index (χ1v) is 4.88. The van der Waals surface area contributed by atoms with E-state index in [1.54, 1.807) is 24.3 Å². The molecule has 0 spiro atoms. The Labute approximate surface area is 91.8 Å². The van der Waals surface area contributed by atoms with E-state index in [1.807, 2.05) is 0 Å². The predicted octanol–water partition coefficient (Wildman–Crippen LogP) is 0.803. The van der Waals surface area contributed by atoms with Gasteiger partial charge in [0.1, 0.15) is 6.54 Å². The molecule has 0 atom stereocenters. The van der Waals surface area contributed by atoms with Gasteiger partial charge in [0.05, 0.1) is 17.3 Å². The Hall–Kier alpha value is -1.55. The molecule has 0 saturated carbocycles. The fraction of sp³-hybridized carbons (Fsp3) is 0.200. The molecule has 4 nitrogen and oxygen atoms in total. The normalized spacial score (nSPS) is 16.5. The monoisotopic (exact) mass is 224 g/mol. The fourth-order valence-corrected chi connectivity index (χ4v) is 1.69. The van der Waals surface area contributed by atoms with E-state index in [2.05, 4.69) is 5.32 Å². The molecule has 0 unspecified atom stereocenters. The number of carbonyl (C=O) groups excluding carboxylic acids is 2. The average Bonchev–Trinajstić information content (AvgIpc) is 2.23. The van der Waals surface area contributed by atoms with Crippen molar-refractivity contribution in [3.63, 3.8) is 0 Å². The predicted molar refractivity (Wildman–Crippen MR) is 56.8 cm³/mol. The third-order valence-corrected chi connectivity index (χ3v) is 2.50. The minimum absolute atomic E-state index is 0.0303. The van der Waals surface area contributed by atoms with Crippen molar-refractivity contribution in [2.45, 2.75) is 0 Å². The number of anilines is 1. The van der Waals surface area contributed by atoms with Crippen molar-refractivity contribution >= 4 is 29.1 Å². The van der Waals surface area contributed by atoms with E-state index in [9.17, 15) is 9.59 Å². The Morgan fingerprint density at radius 3 is 2.73 bits per heavy atom. The van der Waals surface area contributed by atoms with Crippen LogP contribution in [0.3, 0.4) is 0 Å². The molecule has 2 rings (SSSR count). The van der Waals surface area contributed by atoms with E-state index in [4.69, 9.17) is 11.6 Å². The summed E-state index contributed by atoms with van der Waals surface area (Å²) in [6.07, 6.45) is 0. The molecule has 0 aromatic heterocycles. The summed E-state index contributed by atoms with van der Waals surface area (Å²) in [4.78, 5) is 24.1. The van der Waals surface area contributed by atoms with Crippen LogP contribution in [0, 0.1) is 0 Å². The van der Waals surface area contributed by atoms with Crippen LogP contribution in [-0.2, 0) is 9.59 Å². The minimum atomic E-state index is -0.172. The van der Waals surface area contributed by atoms with Gasteiger partial charge in [0.15, 0.2) is 0 Å². The van der Waals surface area contributed by atoms with Crippen LogP contribution < -0.4 is 10.2 Å². The molecule has 0 bridgehead atoms. The summed E-state index contributed by atoms with van der Waals surface area (Å²) in [5, 5.41) is 2.95. The van der Waals surface area contributed by atoms with Gasteiger partial charge in [-0.15, -0.1) is 0 Å². The molecule has 1 heterocycles. The first kappa shape index (κ1) is 9.98. The van der Waals surface area contributed by atoms with Crippen LogP contribution in [0.4, 0.5) is 5.69 Å². The number of benzene rings is 1. The van der Waals surface area contributed by atoms with E-state index in [-0.39, 0.29) is 24.9 Å². The van der Waals surface area contributed by atoms with Crippen molar-refractivity contribution in [2.75, 3.05) is 18.0 Å². The van der Waals surface area contributed by atoms with E-state index < -0.39 is 0 Å². The van der Waals surface area contributed by atoms with Crippen molar-refractivity contribution in [3.8, 4) is 0 Å². The summed E-state index contributed by atoms with van der Waals surface area (Å²) in [6, 6.07) is 6.97. The molecule has 1 aromatic carbocycles. The summed E-state index contributed by atoms with van der Waals surface area (Å²) in [7, 11) is 0. The molecular weight excluding hydrogens is 216 g/mol. The number of hydrogen-bond acceptors (Lipinski definition) is 2. The number of nitrogens with zero attached hydrogens (tertiary/aromatic N) is 1. The van der Waals surface area contributed by atoms with Crippen LogP contribution in [-0.4, -0.2) is 24.9 Å². The molecule has 1 aromatic rings. The van der Waals surface area contributed by atoms with Gasteiger partial charge in [0.2, 0.25) is 11.8 Å². The molecule has 5 heteroatoms. The van der Waals surface area contributed by atoms with Gasteiger partial charge in [-0.05, 0) is 12.1 Å². The summed E-state index contributed by atoms with van der Waals surface area (Å²) in [5.74, 6) is -0.322. The van der Waals surface area contributed by atoms with E-state index in [1.165, 1.54) is 4.90 Å². The molecule has 1 aliphatic rings. The van der Waals surface area contributed by atoms with Crippen LogP contribution in [0.2, 0.25) is 5.02 Å². The zero-order valence-corrected chi connectivity index (χ0v) is 8.62. The Balaban J connectivity index is 2.33. The summed E-state index contributed by atoms with van der Waals surface area (Å²) in [6.45, 7) is 0.0621. The maximum absolute atomic E-state index is 11.5. The number of rotatable bonds is 1. The standard InChI is InChI=1S/C10H9ClN2O2/c11-7-3-1-2-4-8(7)13-6-9(14)12-5-10(13)15/h1-4H,5-6H2,(H,12,14). The molecule has 15 heavy (non-hydrogen) atoms. The molecule has 1 saturated heterocycles. The lowest BCUT2D eigenvalue weighted by Crippen LogP contribution is -2.51. The first-order chi connectivity index (χ1) is 7.18. The summed E-state index contributed by atoms with van der Waals surface area (Å²) >= 11 is 5.95. The SMILES string of the molecule is O=C1CN(c2ccccc2Cl)C(=O)CN1. The Bertz CT molecular complexity index is 420. The van der Waals surface area contributed by atoms with Crippen LogP contribution in [0.5, 0.6) is 0 Å². The fourth-order valence-electron chi connectivity index (χ4n) is 1.45. The van der Waals surface area contributed by atoms with Crippen molar-refractivity contribution in [1.82, 2.24) is 5.32 Å². The number of hydrogen-bond donors (Lipinski definition) is 1. The largest absolute Gasteiger partial charge is 0.345 e. The third-order valence-electron chi connectivity index (χ3n) is 2.18. The van der Waals surface area contributed by atoms with Gasteiger partial charge in [-0.3, -0.25) is 14.5 Å². The molecule has 2 amide bonds. The van der Waals surface area contributed by atoms with Crippen molar-refractivity contribution in [2.24, 2.45) is 0 Å². The Morgan fingerprint density at radius 1 is 1.27 bits per heavy atom.